The van der Waals surface area contributed by atoms with Gasteiger partial charge in [-0.3, -0.25) is 18.6 Å². The van der Waals surface area contributed by atoms with Crippen molar-refractivity contribution in [1.82, 2.24) is 14.7 Å². The van der Waals surface area contributed by atoms with Gasteiger partial charge < -0.3 is 10.2 Å². The van der Waals surface area contributed by atoms with E-state index in [1.54, 1.807) is 17.0 Å². The van der Waals surface area contributed by atoms with Crippen molar-refractivity contribution in [1.29, 1.82) is 0 Å². The Hall–Kier alpha value is -2.88. The summed E-state index contributed by atoms with van der Waals surface area (Å²) < 4.78 is 26.9. The standard InChI is InChI=1S/C21H27N5O4S/c1-5-25-14(3)19(13(2)23-25)21(28)24-11-16(12-24)20(27)22-17-6-7-18-15(10-17)8-9-26(18)31(4,29)30/h6-7,10,16H,5,8-9,11-12H2,1-4H3,(H,22,27). The van der Waals surface area contributed by atoms with Gasteiger partial charge in [0.05, 0.1) is 29.1 Å². The average molecular weight is 446 g/mol. The molecule has 0 bridgehead atoms. The van der Waals surface area contributed by atoms with Gasteiger partial charge in [-0.25, -0.2) is 8.42 Å². The van der Waals surface area contributed by atoms with Gasteiger partial charge >= 0.3 is 0 Å². The highest BCUT2D eigenvalue weighted by Crippen LogP contribution is 2.32. The number of fused-ring (bicyclic) bond motifs is 1. The summed E-state index contributed by atoms with van der Waals surface area (Å²) in [6, 6.07) is 5.27. The van der Waals surface area contributed by atoms with Gasteiger partial charge in [-0.15, -0.1) is 0 Å². The zero-order valence-electron chi connectivity index (χ0n) is 18.2. The summed E-state index contributed by atoms with van der Waals surface area (Å²) in [7, 11) is -3.30. The largest absolute Gasteiger partial charge is 0.337 e. The Bertz CT molecular complexity index is 1160. The number of sulfonamides is 1. The monoisotopic (exact) mass is 445 g/mol. The number of hydrogen-bond acceptors (Lipinski definition) is 5. The molecule has 31 heavy (non-hydrogen) atoms. The zero-order chi connectivity index (χ0) is 22.5. The van der Waals surface area contributed by atoms with Crippen molar-refractivity contribution in [2.75, 3.05) is 35.5 Å². The van der Waals surface area contributed by atoms with Crippen LogP contribution in [0.5, 0.6) is 0 Å². The number of benzene rings is 1. The molecule has 2 aliphatic heterocycles. The Balaban J connectivity index is 1.38. The van der Waals surface area contributed by atoms with Gasteiger partial charge in [0.2, 0.25) is 15.9 Å². The fourth-order valence-corrected chi connectivity index (χ4v) is 5.28. The predicted octanol–water partition coefficient (Wildman–Crippen LogP) is 1.55. The third kappa shape index (κ3) is 3.80. The molecule has 2 aromatic rings. The van der Waals surface area contributed by atoms with Crippen molar-refractivity contribution in [3.63, 3.8) is 0 Å². The van der Waals surface area contributed by atoms with Crippen LogP contribution in [0.3, 0.4) is 0 Å². The van der Waals surface area contributed by atoms with Crippen LogP contribution in [0.1, 0.15) is 34.2 Å². The molecule has 2 amide bonds. The number of likely N-dealkylation sites (tertiary alicyclic amines) is 1. The van der Waals surface area contributed by atoms with Crippen molar-refractivity contribution in [3.8, 4) is 0 Å². The molecule has 0 spiro atoms. The minimum atomic E-state index is -3.30. The van der Waals surface area contributed by atoms with Crippen LogP contribution in [0.2, 0.25) is 0 Å². The SMILES string of the molecule is CCn1nc(C)c(C(=O)N2CC(C(=O)Nc3ccc4c(c3)CCN4S(C)(=O)=O)C2)c1C. The van der Waals surface area contributed by atoms with Crippen LogP contribution in [0.25, 0.3) is 0 Å². The van der Waals surface area contributed by atoms with E-state index in [0.717, 1.165) is 11.3 Å². The molecular weight excluding hydrogens is 418 g/mol. The minimum absolute atomic E-state index is 0.0860. The molecule has 0 atom stereocenters. The fraction of sp³-hybridized carbons (Fsp3) is 0.476. The molecule has 9 nitrogen and oxygen atoms in total. The quantitative estimate of drug-likeness (QED) is 0.752. The van der Waals surface area contributed by atoms with E-state index in [9.17, 15) is 18.0 Å². The lowest BCUT2D eigenvalue weighted by atomic mass is 9.97. The lowest BCUT2D eigenvalue weighted by molar-refractivity contribution is -0.123. The molecule has 1 fully saturated rings. The number of anilines is 2. The van der Waals surface area contributed by atoms with Gasteiger partial charge in [-0.05, 0) is 51.0 Å². The summed E-state index contributed by atoms with van der Waals surface area (Å²) in [5.74, 6) is -0.497. The van der Waals surface area contributed by atoms with E-state index >= 15 is 0 Å². The first-order valence-electron chi connectivity index (χ1n) is 10.3. The van der Waals surface area contributed by atoms with Crippen molar-refractivity contribution in [2.24, 2.45) is 5.92 Å². The predicted molar refractivity (Wildman–Crippen MR) is 118 cm³/mol. The number of nitrogens with zero attached hydrogens (tertiary/aromatic N) is 4. The molecule has 1 aromatic heterocycles. The second-order valence-electron chi connectivity index (χ2n) is 8.19. The number of carbonyl (C=O) groups excluding carboxylic acids is 2. The summed E-state index contributed by atoms with van der Waals surface area (Å²) in [6.07, 6.45) is 1.81. The molecule has 0 aliphatic carbocycles. The average Bonchev–Trinajstić information content (AvgIpc) is 3.20. The number of aryl methyl sites for hydroxylation is 2. The molecular formula is C21H27N5O4S. The van der Waals surface area contributed by atoms with Crippen molar-refractivity contribution in [2.45, 2.75) is 33.7 Å². The number of carbonyl (C=O) groups is 2. The van der Waals surface area contributed by atoms with E-state index in [1.165, 1.54) is 10.6 Å². The second-order valence-corrected chi connectivity index (χ2v) is 10.1. The molecule has 10 heteroatoms. The topological polar surface area (TPSA) is 105 Å². The van der Waals surface area contributed by atoms with Crippen LogP contribution in [-0.4, -0.2) is 60.8 Å². The number of hydrogen-bond donors (Lipinski definition) is 1. The molecule has 0 saturated carbocycles. The Morgan fingerprint density at radius 3 is 2.55 bits per heavy atom. The zero-order valence-corrected chi connectivity index (χ0v) is 19.0. The van der Waals surface area contributed by atoms with Crippen LogP contribution in [0.15, 0.2) is 18.2 Å². The van der Waals surface area contributed by atoms with Gasteiger partial charge in [-0.2, -0.15) is 5.10 Å². The van der Waals surface area contributed by atoms with Gasteiger partial charge in [0.25, 0.3) is 5.91 Å². The van der Waals surface area contributed by atoms with Crippen molar-refractivity contribution in [3.05, 3.63) is 40.7 Å². The molecule has 166 valence electrons. The van der Waals surface area contributed by atoms with Crippen molar-refractivity contribution < 1.29 is 18.0 Å². The van der Waals surface area contributed by atoms with Crippen LogP contribution < -0.4 is 9.62 Å². The maximum absolute atomic E-state index is 12.9. The molecule has 4 rings (SSSR count). The number of aromatic nitrogens is 2. The fourth-order valence-electron chi connectivity index (χ4n) is 4.32. The Kier molecular flexibility index (Phi) is 5.28. The Morgan fingerprint density at radius 1 is 1.23 bits per heavy atom. The maximum atomic E-state index is 12.9. The smallest absolute Gasteiger partial charge is 0.257 e. The van der Waals surface area contributed by atoms with E-state index in [2.05, 4.69) is 10.4 Å². The molecule has 0 radical (unpaired) electrons. The van der Waals surface area contributed by atoms with Crippen LogP contribution in [0, 0.1) is 19.8 Å². The summed E-state index contributed by atoms with van der Waals surface area (Å²) in [5, 5.41) is 7.30. The third-order valence-corrected chi connectivity index (χ3v) is 7.21. The molecule has 2 aliphatic rings. The van der Waals surface area contributed by atoms with E-state index in [1.807, 2.05) is 31.5 Å². The van der Waals surface area contributed by atoms with E-state index in [0.29, 0.717) is 55.2 Å². The molecule has 1 aromatic carbocycles. The highest BCUT2D eigenvalue weighted by Gasteiger charge is 2.38. The van der Waals surface area contributed by atoms with Crippen molar-refractivity contribution >= 4 is 33.2 Å². The Morgan fingerprint density at radius 2 is 1.94 bits per heavy atom. The first-order valence-corrected chi connectivity index (χ1v) is 12.2. The summed E-state index contributed by atoms with van der Waals surface area (Å²) >= 11 is 0. The van der Waals surface area contributed by atoms with Crippen LogP contribution in [-0.2, 0) is 27.8 Å². The maximum Gasteiger partial charge on any atom is 0.257 e. The molecule has 0 unspecified atom stereocenters. The molecule has 3 heterocycles. The van der Waals surface area contributed by atoms with E-state index < -0.39 is 10.0 Å². The minimum Gasteiger partial charge on any atom is -0.337 e. The first kappa shape index (κ1) is 21.4. The lowest BCUT2D eigenvalue weighted by Gasteiger charge is -2.38. The first-order chi connectivity index (χ1) is 14.6. The summed E-state index contributed by atoms with van der Waals surface area (Å²) in [5.41, 5.74) is 4.37. The highest BCUT2D eigenvalue weighted by molar-refractivity contribution is 7.92. The number of nitrogens with one attached hydrogen (secondary N) is 1. The molecule has 1 N–H and O–H groups in total. The van der Waals surface area contributed by atoms with Crippen LogP contribution >= 0.6 is 0 Å². The summed E-state index contributed by atoms with van der Waals surface area (Å²) in [6.45, 7) is 7.55. The van der Waals surface area contributed by atoms with Gasteiger partial charge in [0.15, 0.2) is 0 Å². The lowest BCUT2D eigenvalue weighted by Crippen LogP contribution is -2.54. The normalized spacial score (nSPS) is 16.3. The summed E-state index contributed by atoms with van der Waals surface area (Å²) in [4.78, 5) is 27.2. The number of amides is 2. The van der Waals surface area contributed by atoms with Gasteiger partial charge in [0.1, 0.15) is 0 Å². The van der Waals surface area contributed by atoms with Crippen LogP contribution in [0.4, 0.5) is 11.4 Å². The van der Waals surface area contributed by atoms with E-state index in [4.69, 9.17) is 0 Å². The van der Waals surface area contributed by atoms with Gasteiger partial charge in [-0.1, -0.05) is 0 Å². The second kappa shape index (κ2) is 7.67. The number of rotatable bonds is 5. The molecule has 1 saturated heterocycles. The Labute approximate surface area is 182 Å². The van der Waals surface area contributed by atoms with Gasteiger partial charge in [0, 0.05) is 37.6 Å². The highest BCUT2D eigenvalue weighted by atomic mass is 32.2. The van der Waals surface area contributed by atoms with E-state index in [-0.39, 0.29) is 17.7 Å². The third-order valence-electron chi connectivity index (χ3n) is 6.03.